The molecule has 0 aromatic heterocycles. The summed E-state index contributed by atoms with van der Waals surface area (Å²) in [4.78, 5) is 69.4. The molecule has 0 spiro atoms. The summed E-state index contributed by atoms with van der Waals surface area (Å²) in [5.74, 6) is -1.05. The second-order valence-corrected chi connectivity index (χ2v) is 22.7. The van der Waals surface area contributed by atoms with E-state index in [9.17, 15) is 29.4 Å². The number of Topliss-reactive ketones (excluding diaryl/α,β-unsaturated/α-hetero) is 2. The number of unbranched alkanes of at least 4 members (excludes halogenated alkanes) is 4. The maximum Gasteiger partial charge on any atom is 0.509 e. The molecule has 0 unspecified atom stereocenters. The van der Waals surface area contributed by atoms with Crippen molar-refractivity contribution in [1.82, 2.24) is 0 Å². The van der Waals surface area contributed by atoms with Crippen LogP contribution in [0, 0.1) is 45.3 Å². The standard InChI is InChI=1S/C53H78O11/c1-7-9-11-29-61-33-43(56)50(59)23-19-39-41-15-13-35-31-37(54)17-21-46(35,3)52(41,27-25-48(39,50)5)63-45(58)64-53-28-26-49(6)40(20-24-51(49,60)44(57)34-62-30-12-10-8-2)42(53)16-14-36-32-38(55)18-22-47(36,53)4/h31-32,39-42,59-60H,7-30,33-34H2,1-6H3/t39-,40-,41-,42-,46-,47-,48-,49-,50-,51-,52+,53+/m0/s1. The lowest BCUT2D eigenvalue weighted by Crippen LogP contribution is -2.69. The minimum absolute atomic E-state index is 0.0791. The molecule has 6 saturated carbocycles. The number of rotatable bonds is 16. The summed E-state index contributed by atoms with van der Waals surface area (Å²) in [6.45, 7) is 13.3. The molecule has 0 amide bonds. The molecule has 0 aromatic carbocycles. The fourth-order valence-corrected chi connectivity index (χ4v) is 16.2. The number of ketones is 4. The third-order valence-electron chi connectivity index (χ3n) is 20.2. The Labute approximate surface area is 381 Å². The normalized spacial score (nSPS) is 43.4. The van der Waals surface area contributed by atoms with Crippen LogP contribution in [0.5, 0.6) is 0 Å². The first kappa shape index (κ1) is 47.8. The number of hydrogen-bond acceptors (Lipinski definition) is 11. The van der Waals surface area contributed by atoms with Gasteiger partial charge in [0.15, 0.2) is 23.1 Å². The highest BCUT2D eigenvalue weighted by molar-refractivity contribution is 5.93. The van der Waals surface area contributed by atoms with Crippen molar-refractivity contribution in [3.05, 3.63) is 23.3 Å². The van der Waals surface area contributed by atoms with Crippen molar-refractivity contribution in [3.63, 3.8) is 0 Å². The summed E-state index contributed by atoms with van der Waals surface area (Å²) in [6, 6.07) is 0. The van der Waals surface area contributed by atoms with Crippen LogP contribution in [0.25, 0.3) is 0 Å². The quantitative estimate of drug-likeness (QED) is 0.112. The van der Waals surface area contributed by atoms with E-state index in [1.54, 1.807) is 12.2 Å². The lowest BCUT2D eigenvalue weighted by atomic mass is 9.43. The van der Waals surface area contributed by atoms with Crippen LogP contribution in [0.3, 0.4) is 0 Å². The van der Waals surface area contributed by atoms with Crippen LogP contribution >= 0.6 is 0 Å². The molecule has 8 aliphatic carbocycles. The number of fused-ring (bicyclic) bond motifs is 10. The van der Waals surface area contributed by atoms with Crippen LogP contribution in [-0.4, -0.2) is 88.3 Å². The number of aliphatic hydroxyl groups is 2. The van der Waals surface area contributed by atoms with Crippen molar-refractivity contribution in [1.29, 1.82) is 0 Å². The van der Waals surface area contributed by atoms with Gasteiger partial charge in [0.2, 0.25) is 0 Å². The van der Waals surface area contributed by atoms with Crippen molar-refractivity contribution >= 4 is 29.3 Å². The lowest BCUT2D eigenvalue weighted by Gasteiger charge is -2.65. The van der Waals surface area contributed by atoms with E-state index in [0.717, 1.165) is 49.7 Å². The Morgan fingerprint density at radius 2 is 0.953 bits per heavy atom. The van der Waals surface area contributed by atoms with Gasteiger partial charge in [-0.05, 0) is 127 Å². The molecule has 0 bridgehead atoms. The van der Waals surface area contributed by atoms with Gasteiger partial charge in [-0.2, -0.15) is 0 Å². The SMILES string of the molecule is CCCCCOCC(=O)[C@@]1(O)CC[C@H]2[C@@H]3CCC4=CC(=O)CC[C@]4(C)[C@@]3(OC(=O)O[C@]34CC[C@@]5(C)[C@@H](CC[C@]5(O)C(=O)COCCCCC)[C@@H]3CCC3=CC(=O)CC[C@@]34C)CC[C@@]21C. The molecule has 0 aliphatic heterocycles. The van der Waals surface area contributed by atoms with Gasteiger partial charge in [-0.1, -0.05) is 78.4 Å². The molecule has 11 heteroatoms. The highest BCUT2D eigenvalue weighted by Gasteiger charge is 2.75. The van der Waals surface area contributed by atoms with Crippen LogP contribution in [0.1, 0.15) is 183 Å². The average Bonchev–Trinajstić information content (AvgIpc) is 3.70. The molecule has 8 rings (SSSR count). The topological polar surface area (TPSA) is 163 Å². The van der Waals surface area contributed by atoms with Gasteiger partial charge in [-0.15, -0.1) is 0 Å². The summed E-state index contributed by atoms with van der Waals surface area (Å²) in [5, 5.41) is 24.9. The van der Waals surface area contributed by atoms with E-state index >= 15 is 4.79 Å². The molecule has 0 heterocycles. The predicted molar refractivity (Wildman–Crippen MR) is 240 cm³/mol. The highest BCUT2D eigenvalue weighted by atomic mass is 16.7. The largest absolute Gasteiger partial charge is 0.509 e. The predicted octanol–water partition coefficient (Wildman–Crippen LogP) is 9.46. The fourth-order valence-electron chi connectivity index (χ4n) is 16.2. The minimum atomic E-state index is -1.57. The van der Waals surface area contributed by atoms with Gasteiger partial charge in [0.1, 0.15) is 35.6 Å². The molecule has 0 saturated heterocycles. The van der Waals surface area contributed by atoms with Gasteiger partial charge in [-0.3, -0.25) is 19.2 Å². The van der Waals surface area contributed by atoms with E-state index in [4.69, 9.17) is 18.9 Å². The van der Waals surface area contributed by atoms with Crippen LogP contribution in [0.2, 0.25) is 0 Å². The van der Waals surface area contributed by atoms with Gasteiger partial charge in [-0.25, -0.2) is 4.79 Å². The monoisotopic (exact) mass is 891 g/mol. The van der Waals surface area contributed by atoms with Crippen molar-refractivity contribution in [2.24, 2.45) is 45.3 Å². The molecule has 8 aliphatic rings. The van der Waals surface area contributed by atoms with Crippen molar-refractivity contribution < 1.29 is 53.1 Å². The van der Waals surface area contributed by atoms with E-state index in [2.05, 4.69) is 41.5 Å². The van der Waals surface area contributed by atoms with Crippen LogP contribution in [-0.2, 0) is 38.1 Å². The summed E-state index contributed by atoms with van der Waals surface area (Å²) in [5.41, 5.74) is -6.14. The molecule has 0 aromatic rings. The number of hydrogen-bond donors (Lipinski definition) is 2. The Morgan fingerprint density at radius 1 is 0.547 bits per heavy atom. The van der Waals surface area contributed by atoms with Crippen LogP contribution in [0.4, 0.5) is 4.79 Å². The third-order valence-corrected chi connectivity index (χ3v) is 20.2. The maximum absolute atomic E-state index is 15.4. The zero-order valence-electron chi connectivity index (χ0n) is 39.9. The molecule has 64 heavy (non-hydrogen) atoms. The van der Waals surface area contributed by atoms with Gasteiger partial charge in [0.05, 0.1) is 0 Å². The lowest BCUT2D eigenvalue weighted by molar-refractivity contribution is -0.247. The highest BCUT2D eigenvalue weighted by Crippen LogP contribution is 2.73. The first-order valence-corrected chi connectivity index (χ1v) is 25.4. The Hall–Kier alpha value is -2.73. The fraction of sp³-hybridized carbons (Fsp3) is 0.830. The summed E-state index contributed by atoms with van der Waals surface area (Å²) < 4.78 is 26.0. The Balaban J connectivity index is 1.11. The molecule has 356 valence electrons. The van der Waals surface area contributed by atoms with Gasteiger partial charge >= 0.3 is 6.16 Å². The first-order chi connectivity index (χ1) is 30.3. The maximum atomic E-state index is 15.4. The van der Waals surface area contributed by atoms with E-state index in [1.165, 1.54) is 0 Å². The van der Waals surface area contributed by atoms with E-state index < -0.39 is 50.2 Å². The molecule has 12 atom stereocenters. The molecule has 11 nitrogen and oxygen atoms in total. The second-order valence-electron chi connectivity index (χ2n) is 22.7. The summed E-state index contributed by atoms with van der Waals surface area (Å²) in [6.07, 6.45) is 16.6. The molecular weight excluding hydrogens is 813 g/mol. The Kier molecular flexibility index (Phi) is 13.0. The molecular formula is C53H78O11. The van der Waals surface area contributed by atoms with Gasteiger partial charge in [0.25, 0.3) is 0 Å². The summed E-state index contributed by atoms with van der Waals surface area (Å²) in [7, 11) is 0. The zero-order chi connectivity index (χ0) is 46.0. The van der Waals surface area contributed by atoms with E-state index in [0.29, 0.717) is 116 Å². The van der Waals surface area contributed by atoms with Gasteiger partial charge in [0, 0.05) is 59.6 Å². The first-order valence-electron chi connectivity index (χ1n) is 25.4. The molecule has 2 N–H and O–H groups in total. The molecule has 6 fully saturated rings. The number of carbonyl (C=O) groups is 5. The van der Waals surface area contributed by atoms with Crippen molar-refractivity contribution in [2.45, 2.75) is 205 Å². The Bertz CT molecular complexity index is 1800. The zero-order valence-corrected chi connectivity index (χ0v) is 39.9. The van der Waals surface area contributed by atoms with E-state index in [-0.39, 0.29) is 60.0 Å². The smallest absolute Gasteiger partial charge is 0.426 e. The molecule has 0 radical (unpaired) electrons. The van der Waals surface area contributed by atoms with E-state index in [1.807, 2.05) is 0 Å². The second kappa shape index (κ2) is 17.4. The average molecular weight is 891 g/mol. The number of ether oxygens (including phenoxy) is 4. The van der Waals surface area contributed by atoms with Crippen molar-refractivity contribution in [3.8, 4) is 0 Å². The van der Waals surface area contributed by atoms with Gasteiger partial charge < -0.3 is 29.2 Å². The number of carbonyl (C=O) groups excluding carboxylic acids is 5. The third kappa shape index (κ3) is 7.02. The Morgan fingerprint density at radius 3 is 1.34 bits per heavy atom. The van der Waals surface area contributed by atoms with Crippen LogP contribution < -0.4 is 0 Å². The van der Waals surface area contributed by atoms with Crippen molar-refractivity contribution in [2.75, 3.05) is 26.4 Å². The summed E-state index contributed by atoms with van der Waals surface area (Å²) >= 11 is 0. The minimum Gasteiger partial charge on any atom is -0.426 e. The van der Waals surface area contributed by atoms with Crippen LogP contribution in [0.15, 0.2) is 23.3 Å².